The molecule has 10 heteroatoms. The van der Waals surface area contributed by atoms with Crippen LogP contribution in [-0.4, -0.2) is 70.2 Å². The number of rotatable bonds is 9. The SMILES string of the molecule is CCOC(=O)[C@@H](OC(C)(C)C)c1c(C)cc2nc(-c3ccc4c(c3)c(C3CCN(CC5CCO5)CC3)nn4C)sc2c1-c1ccc(Cl)cc1. The first-order valence-electron chi connectivity index (χ1n) is 17.3. The molecule has 8 nitrogen and oxygen atoms in total. The molecule has 4 heterocycles. The minimum Gasteiger partial charge on any atom is -0.464 e. The number of fused-ring (bicyclic) bond motifs is 2. The Labute approximate surface area is 297 Å². The van der Waals surface area contributed by atoms with Crippen LogP contribution in [0.5, 0.6) is 0 Å². The molecule has 0 aliphatic carbocycles. The van der Waals surface area contributed by atoms with Crippen molar-refractivity contribution < 1.29 is 19.0 Å². The number of carbonyl (C=O) groups excluding carboxylic acids is 1. The first kappa shape index (κ1) is 34.1. The molecule has 49 heavy (non-hydrogen) atoms. The van der Waals surface area contributed by atoms with Gasteiger partial charge in [0, 0.05) is 53.2 Å². The van der Waals surface area contributed by atoms with E-state index in [1.54, 1.807) is 11.3 Å². The highest BCUT2D eigenvalue weighted by Crippen LogP contribution is 2.45. The standard InChI is InChI=1S/C39H45ClN4O4S/c1-7-46-38(45)35(48-39(3,4)5)32-23(2)20-30-36(33(32)24-8-11-27(40)12-9-24)49-37(41-30)26-10-13-31-29(21-26)34(42-43(31)6)25-14-17-44(18-15-25)22-28-16-19-47-28/h8-13,20-21,25,28,35H,7,14-19,22H2,1-6H3/t28?,35-/m0/s1. The van der Waals surface area contributed by atoms with Crippen LogP contribution < -0.4 is 0 Å². The molecule has 3 aromatic carbocycles. The molecule has 0 spiro atoms. The van der Waals surface area contributed by atoms with Crippen molar-refractivity contribution in [2.24, 2.45) is 7.05 Å². The Morgan fingerprint density at radius 3 is 2.45 bits per heavy atom. The van der Waals surface area contributed by atoms with E-state index in [9.17, 15) is 4.79 Å². The Hall–Kier alpha value is -3.34. The smallest absolute Gasteiger partial charge is 0.339 e. The third-order valence-corrected chi connectivity index (χ3v) is 11.0. The van der Waals surface area contributed by atoms with Crippen molar-refractivity contribution in [3.8, 4) is 21.7 Å². The van der Waals surface area contributed by atoms with Crippen molar-refractivity contribution in [3.05, 3.63) is 70.4 Å². The summed E-state index contributed by atoms with van der Waals surface area (Å²) < 4.78 is 20.7. The third-order valence-electron chi connectivity index (χ3n) is 9.65. The molecule has 7 rings (SSSR count). The molecule has 0 radical (unpaired) electrons. The Balaban J connectivity index is 1.31. The summed E-state index contributed by atoms with van der Waals surface area (Å²) in [5.41, 5.74) is 7.20. The summed E-state index contributed by atoms with van der Waals surface area (Å²) in [4.78, 5) is 21.3. The summed E-state index contributed by atoms with van der Waals surface area (Å²) in [7, 11) is 2.04. The van der Waals surface area contributed by atoms with Gasteiger partial charge >= 0.3 is 5.97 Å². The van der Waals surface area contributed by atoms with Gasteiger partial charge in [0.15, 0.2) is 6.10 Å². The van der Waals surface area contributed by atoms with Crippen LogP contribution in [0, 0.1) is 6.92 Å². The summed E-state index contributed by atoms with van der Waals surface area (Å²) in [6.45, 7) is 14.0. The van der Waals surface area contributed by atoms with Crippen molar-refractivity contribution in [1.29, 1.82) is 0 Å². The molecule has 0 bridgehead atoms. The molecule has 2 saturated heterocycles. The average molecular weight is 701 g/mol. The first-order chi connectivity index (χ1) is 23.5. The zero-order valence-electron chi connectivity index (χ0n) is 29.2. The molecule has 0 saturated carbocycles. The van der Waals surface area contributed by atoms with E-state index < -0.39 is 17.7 Å². The van der Waals surface area contributed by atoms with E-state index in [1.165, 1.54) is 17.5 Å². The topological polar surface area (TPSA) is 78.7 Å². The number of esters is 1. The fourth-order valence-electron chi connectivity index (χ4n) is 7.20. The summed E-state index contributed by atoms with van der Waals surface area (Å²) in [6.07, 6.45) is 2.86. The molecule has 2 fully saturated rings. The highest BCUT2D eigenvalue weighted by Gasteiger charge is 2.34. The molecule has 1 unspecified atom stereocenters. The Kier molecular flexibility index (Phi) is 9.58. The molecular weight excluding hydrogens is 656 g/mol. The monoisotopic (exact) mass is 700 g/mol. The summed E-state index contributed by atoms with van der Waals surface area (Å²) in [5, 5.41) is 7.81. The summed E-state index contributed by atoms with van der Waals surface area (Å²) >= 11 is 7.98. The van der Waals surface area contributed by atoms with Crippen LogP contribution >= 0.6 is 22.9 Å². The van der Waals surface area contributed by atoms with Gasteiger partial charge in [0.2, 0.25) is 0 Å². The van der Waals surface area contributed by atoms with Gasteiger partial charge in [0.1, 0.15) is 5.01 Å². The lowest BCUT2D eigenvalue weighted by Gasteiger charge is -2.36. The number of likely N-dealkylation sites (tertiary alicyclic amines) is 1. The van der Waals surface area contributed by atoms with Gasteiger partial charge in [-0.05, 0) is 114 Å². The second-order valence-electron chi connectivity index (χ2n) is 14.3. The number of halogens is 1. The molecule has 258 valence electrons. The number of ether oxygens (including phenoxy) is 3. The quantitative estimate of drug-likeness (QED) is 0.142. The van der Waals surface area contributed by atoms with Crippen molar-refractivity contribution in [2.75, 3.05) is 32.8 Å². The maximum Gasteiger partial charge on any atom is 0.339 e. The highest BCUT2D eigenvalue weighted by atomic mass is 35.5. The van der Waals surface area contributed by atoms with Gasteiger partial charge < -0.3 is 19.1 Å². The number of benzene rings is 3. The number of thiazole rings is 1. The molecule has 2 aliphatic rings. The Morgan fingerprint density at radius 1 is 1.08 bits per heavy atom. The maximum absolute atomic E-state index is 13.5. The predicted octanol–water partition coefficient (Wildman–Crippen LogP) is 8.87. The number of hydrogen-bond donors (Lipinski definition) is 0. The zero-order chi connectivity index (χ0) is 34.4. The highest BCUT2D eigenvalue weighted by molar-refractivity contribution is 7.22. The van der Waals surface area contributed by atoms with Crippen LogP contribution in [0.2, 0.25) is 5.02 Å². The van der Waals surface area contributed by atoms with Crippen LogP contribution in [-0.2, 0) is 26.1 Å². The van der Waals surface area contributed by atoms with E-state index in [0.29, 0.717) is 17.0 Å². The zero-order valence-corrected chi connectivity index (χ0v) is 30.8. The minimum atomic E-state index is -0.914. The average Bonchev–Trinajstić information content (AvgIpc) is 3.62. The molecule has 0 amide bonds. The second-order valence-corrected chi connectivity index (χ2v) is 15.8. The minimum absolute atomic E-state index is 0.262. The fraction of sp³-hybridized carbons (Fsp3) is 0.462. The van der Waals surface area contributed by atoms with E-state index in [4.69, 9.17) is 35.9 Å². The largest absolute Gasteiger partial charge is 0.464 e. The Bertz CT molecular complexity index is 1980. The summed E-state index contributed by atoms with van der Waals surface area (Å²) in [5.74, 6) is 0.00816. The molecule has 0 N–H and O–H groups in total. The van der Waals surface area contributed by atoms with Crippen molar-refractivity contribution in [2.45, 2.75) is 77.6 Å². The Morgan fingerprint density at radius 2 is 1.80 bits per heavy atom. The molecular formula is C39H45ClN4O4S. The van der Waals surface area contributed by atoms with Gasteiger partial charge in [-0.15, -0.1) is 11.3 Å². The van der Waals surface area contributed by atoms with Gasteiger partial charge in [-0.3, -0.25) is 4.68 Å². The maximum atomic E-state index is 13.5. The molecule has 2 aromatic heterocycles. The molecule has 5 aromatic rings. The number of aryl methyl sites for hydroxylation is 2. The van der Waals surface area contributed by atoms with Crippen molar-refractivity contribution in [3.63, 3.8) is 0 Å². The van der Waals surface area contributed by atoms with E-state index in [0.717, 1.165) is 87.6 Å². The van der Waals surface area contributed by atoms with Crippen molar-refractivity contribution in [1.82, 2.24) is 19.7 Å². The fourth-order valence-corrected chi connectivity index (χ4v) is 8.45. The van der Waals surface area contributed by atoms with Gasteiger partial charge in [0.05, 0.1) is 39.7 Å². The van der Waals surface area contributed by atoms with Crippen LogP contribution in [0.3, 0.4) is 0 Å². The lowest BCUT2D eigenvalue weighted by atomic mass is 9.91. The van der Waals surface area contributed by atoms with Crippen LogP contribution in [0.4, 0.5) is 0 Å². The predicted molar refractivity (Wildman–Crippen MR) is 197 cm³/mol. The van der Waals surface area contributed by atoms with E-state index >= 15 is 0 Å². The lowest BCUT2D eigenvalue weighted by Crippen LogP contribution is -2.43. The lowest BCUT2D eigenvalue weighted by molar-refractivity contribution is -0.166. The van der Waals surface area contributed by atoms with Crippen LogP contribution in [0.25, 0.3) is 42.8 Å². The number of piperidine rings is 1. The van der Waals surface area contributed by atoms with Gasteiger partial charge in [0.25, 0.3) is 0 Å². The van der Waals surface area contributed by atoms with Gasteiger partial charge in [-0.1, -0.05) is 23.7 Å². The van der Waals surface area contributed by atoms with Crippen LogP contribution in [0.15, 0.2) is 48.5 Å². The van der Waals surface area contributed by atoms with Crippen molar-refractivity contribution >= 4 is 50.0 Å². The third kappa shape index (κ3) is 7.01. The number of hydrogen-bond acceptors (Lipinski definition) is 8. The first-order valence-corrected chi connectivity index (χ1v) is 18.5. The second kappa shape index (κ2) is 13.8. The number of aromatic nitrogens is 3. The van der Waals surface area contributed by atoms with E-state index in [2.05, 4.69) is 29.2 Å². The normalized spacial score (nSPS) is 18.2. The number of carbonyl (C=O) groups is 1. The number of nitrogens with zero attached hydrogens (tertiary/aromatic N) is 4. The van der Waals surface area contributed by atoms with Gasteiger partial charge in [-0.25, -0.2) is 9.78 Å². The van der Waals surface area contributed by atoms with E-state index in [1.807, 2.05) is 70.6 Å². The molecule has 2 atom stereocenters. The van der Waals surface area contributed by atoms with Gasteiger partial charge in [-0.2, -0.15) is 5.10 Å². The van der Waals surface area contributed by atoms with E-state index in [-0.39, 0.29) is 6.61 Å². The summed E-state index contributed by atoms with van der Waals surface area (Å²) in [6, 6.07) is 16.4. The molecule has 2 aliphatic heterocycles. The van der Waals surface area contributed by atoms with Crippen LogP contribution in [0.1, 0.15) is 75.8 Å².